The predicted octanol–water partition coefficient (Wildman–Crippen LogP) is 4.64. The minimum absolute atomic E-state index is 0.117. The van der Waals surface area contributed by atoms with Gasteiger partial charge in [-0.05, 0) is 54.1 Å². The minimum Gasteiger partial charge on any atom is -0.489 e. The summed E-state index contributed by atoms with van der Waals surface area (Å²) < 4.78 is 21.6. The predicted molar refractivity (Wildman–Crippen MR) is 128 cm³/mol. The van der Waals surface area contributed by atoms with Crippen LogP contribution in [0.15, 0.2) is 78.9 Å². The van der Waals surface area contributed by atoms with E-state index in [1.54, 1.807) is 36.4 Å². The molecular formula is C27H23NO7. The van der Waals surface area contributed by atoms with Crippen LogP contribution in [-0.2, 0) is 22.7 Å². The number of methoxy groups -OCH3 is 1. The van der Waals surface area contributed by atoms with E-state index in [-0.39, 0.29) is 17.9 Å². The van der Waals surface area contributed by atoms with Crippen LogP contribution in [0.4, 0.5) is 0 Å². The number of nitrogens with zero attached hydrogens (tertiary/aromatic N) is 1. The number of carbonyl (C=O) groups excluding carboxylic acids is 1. The molecule has 0 saturated carbocycles. The molecule has 0 amide bonds. The van der Waals surface area contributed by atoms with Gasteiger partial charge in [0, 0.05) is 5.39 Å². The van der Waals surface area contributed by atoms with Crippen molar-refractivity contribution >= 4 is 22.8 Å². The molecule has 0 radical (unpaired) electrons. The molecule has 0 spiro atoms. The smallest absolute Gasteiger partial charge is 0.341 e. The van der Waals surface area contributed by atoms with Gasteiger partial charge in [0.15, 0.2) is 6.61 Å². The third kappa shape index (κ3) is 6.26. The average Bonchev–Trinajstić information content (AvgIpc) is 2.89. The van der Waals surface area contributed by atoms with Gasteiger partial charge in [-0.1, -0.05) is 30.3 Å². The summed E-state index contributed by atoms with van der Waals surface area (Å²) in [5.41, 5.74) is 2.59. The first-order chi connectivity index (χ1) is 17.0. The lowest BCUT2D eigenvalue weighted by Crippen LogP contribution is -2.13. The first kappa shape index (κ1) is 23.6. The summed E-state index contributed by atoms with van der Waals surface area (Å²) in [5, 5.41) is 9.95. The van der Waals surface area contributed by atoms with Crippen LogP contribution in [0.25, 0.3) is 10.9 Å². The van der Waals surface area contributed by atoms with Crippen LogP contribution in [-0.4, -0.2) is 35.7 Å². The van der Waals surface area contributed by atoms with E-state index in [1.807, 2.05) is 36.4 Å². The second-order valence-electron chi connectivity index (χ2n) is 7.55. The largest absolute Gasteiger partial charge is 0.489 e. The van der Waals surface area contributed by atoms with Crippen molar-refractivity contribution in [3.05, 3.63) is 95.7 Å². The van der Waals surface area contributed by atoms with Gasteiger partial charge in [0.05, 0.1) is 18.3 Å². The SMILES string of the molecule is COC(=O)c1ccc(COc2ccc(OCc3ccc4ccccc4n3)cc2)cc1OCC(=O)O. The van der Waals surface area contributed by atoms with Crippen LogP contribution in [0, 0.1) is 0 Å². The monoisotopic (exact) mass is 473 g/mol. The molecule has 0 aliphatic rings. The molecule has 4 aromatic rings. The Balaban J connectivity index is 1.35. The zero-order valence-corrected chi connectivity index (χ0v) is 19.0. The Labute approximate surface area is 201 Å². The molecule has 4 rings (SSSR count). The molecule has 35 heavy (non-hydrogen) atoms. The van der Waals surface area contributed by atoms with E-state index in [0.717, 1.165) is 16.6 Å². The highest BCUT2D eigenvalue weighted by molar-refractivity contribution is 5.92. The molecule has 1 N–H and O–H groups in total. The third-order valence-electron chi connectivity index (χ3n) is 5.07. The summed E-state index contributed by atoms with van der Waals surface area (Å²) >= 11 is 0. The fraction of sp³-hybridized carbons (Fsp3) is 0.148. The fourth-order valence-electron chi connectivity index (χ4n) is 3.34. The number of carboxylic acids is 1. The molecule has 0 fully saturated rings. The highest BCUT2D eigenvalue weighted by Gasteiger charge is 2.15. The van der Waals surface area contributed by atoms with E-state index >= 15 is 0 Å². The Morgan fingerprint density at radius 1 is 0.829 bits per heavy atom. The van der Waals surface area contributed by atoms with Gasteiger partial charge in [0.2, 0.25) is 0 Å². The highest BCUT2D eigenvalue weighted by atomic mass is 16.5. The first-order valence-electron chi connectivity index (χ1n) is 10.8. The molecule has 178 valence electrons. The number of para-hydroxylation sites is 1. The van der Waals surface area contributed by atoms with E-state index in [0.29, 0.717) is 23.7 Å². The van der Waals surface area contributed by atoms with E-state index in [2.05, 4.69) is 4.98 Å². The number of aliphatic carboxylic acids is 1. The summed E-state index contributed by atoms with van der Waals surface area (Å²) in [6.45, 7) is -0.0483. The topological polar surface area (TPSA) is 104 Å². The van der Waals surface area contributed by atoms with E-state index in [4.69, 9.17) is 24.1 Å². The Kier molecular flexibility index (Phi) is 7.42. The molecular weight excluding hydrogens is 450 g/mol. The highest BCUT2D eigenvalue weighted by Crippen LogP contribution is 2.24. The number of esters is 1. The molecule has 0 aliphatic carbocycles. The van der Waals surface area contributed by atoms with Gasteiger partial charge in [-0.3, -0.25) is 0 Å². The molecule has 0 saturated heterocycles. The molecule has 3 aromatic carbocycles. The number of pyridine rings is 1. The van der Waals surface area contributed by atoms with Gasteiger partial charge >= 0.3 is 11.9 Å². The van der Waals surface area contributed by atoms with Crippen molar-refractivity contribution in [3.63, 3.8) is 0 Å². The average molecular weight is 473 g/mol. The standard InChI is InChI=1S/C27H23NO7/c1-32-27(31)23-13-6-18(14-25(23)35-17-26(29)30)15-33-21-9-11-22(12-10-21)34-16-20-8-7-19-4-2-3-5-24(19)28-20/h2-14H,15-17H2,1H3,(H,29,30). The molecule has 8 nitrogen and oxygen atoms in total. The van der Waals surface area contributed by atoms with Gasteiger partial charge in [-0.15, -0.1) is 0 Å². The maximum Gasteiger partial charge on any atom is 0.341 e. The maximum atomic E-state index is 11.9. The Bertz CT molecular complexity index is 1340. The van der Waals surface area contributed by atoms with Crippen molar-refractivity contribution in [2.75, 3.05) is 13.7 Å². The molecule has 0 aliphatic heterocycles. The fourth-order valence-corrected chi connectivity index (χ4v) is 3.34. The Hall–Kier alpha value is -4.59. The Morgan fingerprint density at radius 2 is 1.54 bits per heavy atom. The van der Waals surface area contributed by atoms with E-state index in [9.17, 15) is 9.59 Å². The van der Waals surface area contributed by atoms with Gasteiger partial charge in [0.1, 0.15) is 36.0 Å². The van der Waals surface area contributed by atoms with Crippen LogP contribution in [0.3, 0.4) is 0 Å². The van der Waals surface area contributed by atoms with Crippen LogP contribution in [0.2, 0.25) is 0 Å². The van der Waals surface area contributed by atoms with Crippen molar-refractivity contribution < 1.29 is 33.6 Å². The number of hydrogen-bond donors (Lipinski definition) is 1. The van der Waals surface area contributed by atoms with Gasteiger partial charge < -0.3 is 24.1 Å². The molecule has 1 heterocycles. The van der Waals surface area contributed by atoms with Gasteiger partial charge in [-0.2, -0.15) is 0 Å². The van der Waals surface area contributed by atoms with Crippen molar-refractivity contribution in [2.24, 2.45) is 0 Å². The number of hydrogen-bond acceptors (Lipinski definition) is 7. The lowest BCUT2D eigenvalue weighted by Gasteiger charge is -2.12. The molecule has 0 bridgehead atoms. The maximum absolute atomic E-state index is 11.9. The zero-order valence-electron chi connectivity index (χ0n) is 19.0. The third-order valence-corrected chi connectivity index (χ3v) is 5.07. The molecule has 0 unspecified atom stereocenters. The van der Waals surface area contributed by atoms with Crippen LogP contribution in [0.1, 0.15) is 21.6 Å². The van der Waals surface area contributed by atoms with Crippen LogP contribution in [0.5, 0.6) is 17.2 Å². The zero-order chi connectivity index (χ0) is 24.6. The summed E-state index contributed by atoms with van der Waals surface area (Å²) in [4.78, 5) is 27.4. The Morgan fingerprint density at radius 3 is 2.26 bits per heavy atom. The van der Waals surface area contributed by atoms with E-state index in [1.165, 1.54) is 13.2 Å². The number of carbonyl (C=O) groups is 2. The number of fused-ring (bicyclic) bond motifs is 1. The van der Waals surface area contributed by atoms with Gasteiger partial charge in [-0.25, -0.2) is 14.6 Å². The lowest BCUT2D eigenvalue weighted by molar-refractivity contribution is -0.139. The van der Waals surface area contributed by atoms with Crippen molar-refractivity contribution in [3.8, 4) is 17.2 Å². The lowest BCUT2D eigenvalue weighted by atomic mass is 10.1. The summed E-state index contributed by atoms with van der Waals surface area (Å²) in [7, 11) is 1.24. The number of carboxylic acid groups (broad SMARTS) is 1. The number of benzene rings is 3. The molecule has 0 atom stereocenters. The number of rotatable bonds is 10. The van der Waals surface area contributed by atoms with Crippen LogP contribution >= 0.6 is 0 Å². The first-order valence-corrected chi connectivity index (χ1v) is 10.8. The van der Waals surface area contributed by atoms with Crippen LogP contribution < -0.4 is 14.2 Å². The van der Waals surface area contributed by atoms with E-state index < -0.39 is 18.5 Å². The van der Waals surface area contributed by atoms with Crippen molar-refractivity contribution in [1.82, 2.24) is 4.98 Å². The molecule has 1 aromatic heterocycles. The van der Waals surface area contributed by atoms with Gasteiger partial charge in [0.25, 0.3) is 0 Å². The summed E-state index contributed by atoms with van der Waals surface area (Å²) in [6, 6.07) is 23.8. The quantitative estimate of drug-likeness (QED) is 0.332. The molecule has 8 heteroatoms. The summed E-state index contributed by atoms with van der Waals surface area (Å²) in [6.07, 6.45) is 0. The van der Waals surface area contributed by atoms with Crippen molar-refractivity contribution in [2.45, 2.75) is 13.2 Å². The second kappa shape index (κ2) is 11.0. The minimum atomic E-state index is -1.15. The van der Waals surface area contributed by atoms with Crippen molar-refractivity contribution in [1.29, 1.82) is 0 Å². The number of aromatic nitrogens is 1. The second-order valence-corrected chi connectivity index (χ2v) is 7.55. The summed E-state index contributed by atoms with van der Waals surface area (Å²) in [5.74, 6) is -0.356. The normalized spacial score (nSPS) is 10.5. The number of ether oxygens (including phenoxy) is 4.